The molecule has 0 aromatic heterocycles. The van der Waals surface area contributed by atoms with Gasteiger partial charge in [0.15, 0.2) is 0 Å². The summed E-state index contributed by atoms with van der Waals surface area (Å²) >= 11 is 0. The van der Waals surface area contributed by atoms with Gasteiger partial charge in [-0.2, -0.15) is 0 Å². The smallest absolute Gasteiger partial charge is 0.238 e. The first-order valence-corrected chi connectivity index (χ1v) is 3.95. The van der Waals surface area contributed by atoms with Gasteiger partial charge in [0.1, 0.15) is 6.10 Å². The van der Waals surface area contributed by atoms with Crippen LogP contribution in [-0.2, 0) is 0 Å². The highest BCUT2D eigenvalue weighted by molar-refractivity contribution is 4.65. The van der Waals surface area contributed by atoms with Crippen LogP contribution in [0.25, 0.3) is 0 Å². The molecule has 0 aromatic rings. The maximum Gasteiger partial charge on any atom is 0.238 e. The van der Waals surface area contributed by atoms with E-state index in [4.69, 9.17) is 0 Å². The third-order valence-corrected chi connectivity index (χ3v) is 1.72. The Labute approximate surface area is 66.4 Å². The number of hydrogen-bond acceptors (Lipinski definition) is 3. The van der Waals surface area contributed by atoms with Crippen LogP contribution in [0.2, 0.25) is 0 Å². The van der Waals surface area contributed by atoms with Crippen LogP contribution in [0.3, 0.4) is 0 Å². The molecule has 0 rings (SSSR count). The summed E-state index contributed by atoms with van der Waals surface area (Å²) in [6.45, 7) is 3.62. The third kappa shape index (κ3) is 3.32. The second-order valence-electron chi connectivity index (χ2n) is 2.62. The van der Waals surface area contributed by atoms with Gasteiger partial charge >= 0.3 is 0 Å². The van der Waals surface area contributed by atoms with Crippen LogP contribution in [0.4, 0.5) is 0 Å². The Kier molecular flexibility index (Phi) is 4.77. The Morgan fingerprint density at radius 1 is 1.55 bits per heavy atom. The molecule has 0 fully saturated rings. The van der Waals surface area contributed by atoms with Crippen molar-refractivity contribution in [2.24, 2.45) is 0 Å². The summed E-state index contributed by atoms with van der Waals surface area (Å²) in [6.07, 6.45) is 0.862. The molecule has 4 nitrogen and oxygen atoms in total. The number of nitro groups is 1. The average Bonchev–Trinajstić information content (AvgIpc) is 1.98. The molecule has 4 heteroatoms. The summed E-state index contributed by atoms with van der Waals surface area (Å²) in [5.74, 6) is 0. The highest BCUT2D eigenvalue weighted by Gasteiger charge is 2.26. The number of hydrogen-bond donors (Lipinski definition) is 1. The van der Waals surface area contributed by atoms with Gasteiger partial charge in [0.25, 0.3) is 0 Å². The van der Waals surface area contributed by atoms with Gasteiger partial charge in [-0.15, -0.1) is 0 Å². The molecule has 0 radical (unpaired) electrons. The van der Waals surface area contributed by atoms with Gasteiger partial charge in [-0.1, -0.05) is 13.8 Å². The lowest BCUT2D eigenvalue weighted by Gasteiger charge is -2.12. The van der Waals surface area contributed by atoms with E-state index in [0.29, 0.717) is 12.8 Å². The first kappa shape index (κ1) is 10.4. The van der Waals surface area contributed by atoms with Crippen LogP contribution in [0.1, 0.15) is 33.1 Å². The van der Waals surface area contributed by atoms with E-state index >= 15 is 0 Å². The lowest BCUT2D eigenvalue weighted by molar-refractivity contribution is -0.535. The van der Waals surface area contributed by atoms with Gasteiger partial charge in [0.05, 0.1) is 0 Å². The number of aliphatic hydroxyl groups excluding tert-OH is 1. The summed E-state index contributed by atoms with van der Waals surface area (Å²) < 4.78 is 0. The molecule has 0 aliphatic rings. The number of nitrogens with zero attached hydrogens (tertiary/aromatic N) is 1. The second-order valence-corrected chi connectivity index (χ2v) is 2.62. The Hall–Kier alpha value is -0.640. The average molecular weight is 161 g/mol. The second kappa shape index (κ2) is 5.07. The molecule has 0 saturated carbocycles. The molecule has 66 valence electrons. The predicted molar refractivity (Wildman–Crippen MR) is 42.0 cm³/mol. The normalized spacial score (nSPS) is 15.9. The quantitative estimate of drug-likeness (QED) is 0.486. The standard InChI is InChI=1S/C7H15NO3/c1-3-5-6(8(10)11)7(9)4-2/h6-7,9H,3-5H2,1-2H3/t6-,7-/m0/s1. The fourth-order valence-electron chi connectivity index (χ4n) is 1.01. The molecule has 0 bridgehead atoms. The summed E-state index contributed by atoms with van der Waals surface area (Å²) in [6, 6.07) is -0.773. The molecule has 0 unspecified atom stereocenters. The van der Waals surface area contributed by atoms with Crippen molar-refractivity contribution in [3.05, 3.63) is 10.1 Å². The number of rotatable bonds is 5. The van der Waals surface area contributed by atoms with Crippen LogP contribution < -0.4 is 0 Å². The molecule has 0 aliphatic heterocycles. The van der Waals surface area contributed by atoms with E-state index in [2.05, 4.69) is 0 Å². The minimum Gasteiger partial charge on any atom is -0.386 e. The summed E-state index contributed by atoms with van der Waals surface area (Å²) in [7, 11) is 0. The van der Waals surface area contributed by atoms with Crippen molar-refractivity contribution < 1.29 is 10.0 Å². The lowest BCUT2D eigenvalue weighted by Crippen LogP contribution is -2.32. The Morgan fingerprint density at radius 3 is 2.36 bits per heavy atom. The molecule has 0 aromatic carbocycles. The van der Waals surface area contributed by atoms with Crippen molar-refractivity contribution in [3.8, 4) is 0 Å². The van der Waals surface area contributed by atoms with E-state index in [9.17, 15) is 15.2 Å². The molecular weight excluding hydrogens is 146 g/mol. The molecule has 0 aliphatic carbocycles. The van der Waals surface area contributed by atoms with Crippen molar-refractivity contribution in [1.29, 1.82) is 0 Å². The highest BCUT2D eigenvalue weighted by atomic mass is 16.6. The van der Waals surface area contributed by atoms with Gasteiger partial charge in [-0.25, -0.2) is 0 Å². The minimum absolute atomic E-state index is 0.391. The zero-order valence-corrected chi connectivity index (χ0v) is 6.99. The van der Waals surface area contributed by atoms with Gasteiger partial charge in [0.2, 0.25) is 6.04 Å². The summed E-state index contributed by atoms with van der Waals surface area (Å²) in [4.78, 5) is 9.94. The molecule has 1 N–H and O–H groups in total. The largest absolute Gasteiger partial charge is 0.386 e. The van der Waals surface area contributed by atoms with E-state index < -0.39 is 17.1 Å². The molecule has 0 saturated heterocycles. The lowest BCUT2D eigenvalue weighted by atomic mass is 10.1. The fraction of sp³-hybridized carbons (Fsp3) is 1.00. The SMILES string of the molecule is CCC[C@@H]([C@@H](O)CC)[N+](=O)[O-]. The van der Waals surface area contributed by atoms with E-state index in [1.165, 1.54) is 0 Å². The molecule has 2 atom stereocenters. The van der Waals surface area contributed by atoms with Gasteiger partial charge in [-0.05, 0) is 12.8 Å². The fourth-order valence-corrected chi connectivity index (χ4v) is 1.01. The van der Waals surface area contributed by atoms with Crippen LogP contribution in [0.15, 0.2) is 0 Å². The third-order valence-electron chi connectivity index (χ3n) is 1.72. The van der Waals surface area contributed by atoms with Crippen molar-refractivity contribution in [3.63, 3.8) is 0 Å². The van der Waals surface area contributed by atoms with Gasteiger partial charge < -0.3 is 5.11 Å². The van der Waals surface area contributed by atoms with Crippen LogP contribution in [0, 0.1) is 10.1 Å². The maximum absolute atomic E-state index is 10.3. The molecule has 0 spiro atoms. The summed E-state index contributed by atoms with van der Waals surface area (Å²) in [5, 5.41) is 19.5. The van der Waals surface area contributed by atoms with Crippen LogP contribution in [0.5, 0.6) is 0 Å². The predicted octanol–water partition coefficient (Wildman–Crippen LogP) is 1.20. The molecular formula is C7H15NO3. The van der Waals surface area contributed by atoms with Crippen LogP contribution >= 0.6 is 0 Å². The van der Waals surface area contributed by atoms with Crippen LogP contribution in [-0.4, -0.2) is 22.2 Å². The zero-order chi connectivity index (χ0) is 8.85. The number of aliphatic hydroxyl groups is 1. The zero-order valence-electron chi connectivity index (χ0n) is 6.99. The Balaban J connectivity index is 3.97. The van der Waals surface area contributed by atoms with Gasteiger partial charge in [-0.3, -0.25) is 10.1 Å². The van der Waals surface area contributed by atoms with Crippen molar-refractivity contribution >= 4 is 0 Å². The van der Waals surface area contributed by atoms with Crippen molar-refractivity contribution in [2.75, 3.05) is 0 Å². The first-order valence-electron chi connectivity index (χ1n) is 3.95. The van der Waals surface area contributed by atoms with Gasteiger partial charge in [0, 0.05) is 11.3 Å². The monoisotopic (exact) mass is 161 g/mol. The van der Waals surface area contributed by atoms with E-state index in [1.54, 1.807) is 6.92 Å². The van der Waals surface area contributed by atoms with E-state index in [-0.39, 0.29) is 0 Å². The first-order chi connectivity index (χ1) is 5.13. The minimum atomic E-state index is -0.787. The van der Waals surface area contributed by atoms with Crippen molar-refractivity contribution in [1.82, 2.24) is 0 Å². The Morgan fingerprint density at radius 2 is 2.09 bits per heavy atom. The topological polar surface area (TPSA) is 63.4 Å². The maximum atomic E-state index is 10.3. The molecule has 0 heterocycles. The molecule has 0 amide bonds. The molecule has 11 heavy (non-hydrogen) atoms. The summed E-state index contributed by atoms with van der Waals surface area (Å²) in [5.41, 5.74) is 0. The van der Waals surface area contributed by atoms with Crippen molar-refractivity contribution in [2.45, 2.75) is 45.3 Å². The Bertz CT molecular complexity index is 127. The highest BCUT2D eigenvalue weighted by Crippen LogP contribution is 2.08. The van der Waals surface area contributed by atoms with E-state index in [0.717, 1.165) is 6.42 Å². The van der Waals surface area contributed by atoms with E-state index in [1.807, 2.05) is 6.92 Å².